The highest BCUT2D eigenvalue weighted by Gasteiger charge is 2.07. The lowest BCUT2D eigenvalue weighted by Crippen LogP contribution is -1.93. The Kier molecular flexibility index (Phi) is 2.73. The highest BCUT2D eigenvalue weighted by Crippen LogP contribution is 2.26. The molecule has 2 aromatic carbocycles. The number of benzene rings is 2. The second-order valence-corrected chi connectivity index (χ2v) is 4.58. The second-order valence-electron chi connectivity index (χ2n) is 4.14. The van der Waals surface area contributed by atoms with Gasteiger partial charge in [0.1, 0.15) is 5.82 Å². The molecule has 88 valence electrons. The van der Waals surface area contributed by atoms with Crippen LogP contribution in [-0.4, -0.2) is 9.97 Å². The van der Waals surface area contributed by atoms with Crippen LogP contribution in [0.1, 0.15) is 5.82 Å². The van der Waals surface area contributed by atoms with E-state index >= 15 is 0 Å². The van der Waals surface area contributed by atoms with Crippen molar-refractivity contribution in [1.82, 2.24) is 9.97 Å². The van der Waals surface area contributed by atoms with E-state index in [1.165, 1.54) is 0 Å². The topological polar surface area (TPSA) is 25.8 Å². The summed E-state index contributed by atoms with van der Waals surface area (Å²) < 4.78 is 0. The Hall–Kier alpha value is -1.93. The maximum absolute atomic E-state index is 5.92. The van der Waals surface area contributed by atoms with Gasteiger partial charge in [-0.3, -0.25) is 0 Å². The van der Waals surface area contributed by atoms with Gasteiger partial charge in [-0.1, -0.05) is 41.9 Å². The average Bonchev–Trinajstić information content (AvgIpc) is 2.38. The molecule has 0 atom stereocenters. The van der Waals surface area contributed by atoms with Gasteiger partial charge in [-0.2, -0.15) is 0 Å². The maximum Gasteiger partial charge on any atom is 0.126 e. The van der Waals surface area contributed by atoms with Crippen LogP contribution < -0.4 is 0 Å². The molecular formula is C15H11ClN2. The van der Waals surface area contributed by atoms with Crippen molar-refractivity contribution in [2.45, 2.75) is 6.92 Å². The molecule has 1 aromatic heterocycles. The minimum absolute atomic E-state index is 0.730. The van der Waals surface area contributed by atoms with E-state index in [0.717, 1.165) is 33.0 Å². The number of hydrogen-bond acceptors (Lipinski definition) is 2. The smallest absolute Gasteiger partial charge is 0.126 e. The fraction of sp³-hybridized carbons (Fsp3) is 0.0667. The number of fused-ring (bicyclic) bond motifs is 1. The molecule has 0 amide bonds. The van der Waals surface area contributed by atoms with E-state index in [2.05, 4.69) is 9.97 Å². The summed E-state index contributed by atoms with van der Waals surface area (Å²) >= 11 is 5.92. The number of aromatic nitrogens is 2. The molecule has 0 fully saturated rings. The van der Waals surface area contributed by atoms with Gasteiger partial charge in [-0.05, 0) is 25.1 Å². The van der Waals surface area contributed by atoms with Gasteiger partial charge in [0.2, 0.25) is 0 Å². The molecule has 0 spiro atoms. The lowest BCUT2D eigenvalue weighted by atomic mass is 10.1. The third kappa shape index (κ3) is 1.95. The van der Waals surface area contributed by atoms with Crippen molar-refractivity contribution in [3.05, 3.63) is 59.4 Å². The first kappa shape index (κ1) is 11.2. The monoisotopic (exact) mass is 254 g/mol. The van der Waals surface area contributed by atoms with Crippen molar-refractivity contribution in [3.63, 3.8) is 0 Å². The van der Waals surface area contributed by atoms with Crippen LogP contribution in [0.25, 0.3) is 22.2 Å². The minimum atomic E-state index is 0.730. The van der Waals surface area contributed by atoms with Gasteiger partial charge in [0.25, 0.3) is 0 Å². The zero-order chi connectivity index (χ0) is 12.5. The summed E-state index contributed by atoms with van der Waals surface area (Å²) in [4.78, 5) is 8.99. The number of rotatable bonds is 1. The largest absolute Gasteiger partial charge is 0.233 e. The average molecular weight is 255 g/mol. The molecule has 2 nitrogen and oxygen atoms in total. The van der Waals surface area contributed by atoms with Crippen LogP contribution in [0.2, 0.25) is 5.02 Å². The molecule has 0 aliphatic carbocycles. The predicted molar refractivity (Wildman–Crippen MR) is 74.7 cm³/mol. The van der Waals surface area contributed by atoms with Crippen LogP contribution in [0.4, 0.5) is 0 Å². The molecule has 0 radical (unpaired) electrons. The molecule has 0 bridgehead atoms. The van der Waals surface area contributed by atoms with Gasteiger partial charge in [-0.25, -0.2) is 9.97 Å². The Morgan fingerprint density at radius 1 is 0.889 bits per heavy atom. The Morgan fingerprint density at radius 2 is 1.61 bits per heavy atom. The first-order chi connectivity index (χ1) is 8.74. The highest BCUT2D eigenvalue weighted by atomic mass is 35.5. The summed E-state index contributed by atoms with van der Waals surface area (Å²) in [5, 5.41) is 1.79. The van der Waals surface area contributed by atoms with Crippen LogP contribution in [0.15, 0.2) is 48.5 Å². The fourth-order valence-electron chi connectivity index (χ4n) is 2.02. The molecule has 18 heavy (non-hydrogen) atoms. The lowest BCUT2D eigenvalue weighted by Gasteiger charge is -2.07. The van der Waals surface area contributed by atoms with E-state index in [1.807, 2.05) is 55.5 Å². The van der Waals surface area contributed by atoms with E-state index in [9.17, 15) is 0 Å². The van der Waals surface area contributed by atoms with Crippen molar-refractivity contribution in [3.8, 4) is 11.3 Å². The van der Waals surface area contributed by atoms with Crippen molar-refractivity contribution < 1.29 is 0 Å². The summed E-state index contributed by atoms with van der Waals surface area (Å²) in [7, 11) is 0. The van der Waals surface area contributed by atoms with Gasteiger partial charge in [-0.15, -0.1) is 0 Å². The second kappa shape index (κ2) is 4.39. The van der Waals surface area contributed by atoms with E-state index in [-0.39, 0.29) is 0 Å². The SMILES string of the molecule is Cc1nc(-c2ccc(Cl)cc2)c2ccccc2n1. The molecule has 1 heterocycles. The van der Waals surface area contributed by atoms with Crippen molar-refractivity contribution in [1.29, 1.82) is 0 Å². The molecule has 0 aliphatic rings. The van der Waals surface area contributed by atoms with Gasteiger partial charge in [0.05, 0.1) is 11.2 Å². The maximum atomic E-state index is 5.92. The van der Waals surface area contributed by atoms with Crippen LogP contribution in [0, 0.1) is 6.92 Å². The summed E-state index contributed by atoms with van der Waals surface area (Å²) in [6, 6.07) is 15.8. The van der Waals surface area contributed by atoms with Gasteiger partial charge in [0, 0.05) is 16.0 Å². The molecule has 0 unspecified atom stereocenters. The molecule has 0 saturated heterocycles. The number of halogens is 1. The predicted octanol–water partition coefficient (Wildman–Crippen LogP) is 4.26. The summed E-state index contributed by atoms with van der Waals surface area (Å²) in [6.45, 7) is 1.91. The van der Waals surface area contributed by atoms with Gasteiger partial charge < -0.3 is 0 Å². The van der Waals surface area contributed by atoms with E-state index in [0.29, 0.717) is 0 Å². The molecule has 3 rings (SSSR count). The van der Waals surface area contributed by atoms with Gasteiger partial charge >= 0.3 is 0 Å². The van der Waals surface area contributed by atoms with Crippen LogP contribution in [0.5, 0.6) is 0 Å². The molecular weight excluding hydrogens is 244 g/mol. The van der Waals surface area contributed by atoms with E-state index in [4.69, 9.17) is 11.6 Å². The molecule has 3 heteroatoms. The Morgan fingerprint density at radius 3 is 2.39 bits per heavy atom. The van der Waals surface area contributed by atoms with Crippen molar-refractivity contribution in [2.75, 3.05) is 0 Å². The van der Waals surface area contributed by atoms with E-state index in [1.54, 1.807) is 0 Å². The summed E-state index contributed by atoms with van der Waals surface area (Å²) in [5.74, 6) is 0.777. The van der Waals surface area contributed by atoms with Crippen LogP contribution >= 0.6 is 11.6 Å². The zero-order valence-electron chi connectivity index (χ0n) is 9.89. The molecule has 0 saturated carbocycles. The normalized spacial score (nSPS) is 10.8. The lowest BCUT2D eigenvalue weighted by molar-refractivity contribution is 1.10. The van der Waals surface area contributed by atoms with E-state index < -0.39 is 0 Å². The number of nitrogens with zero attached hydrogens (tertiary/aromatic N) is 2. The van der Waals surface area contributed by atoms with Crippen molar-refractivity contribution in [2.24, 2.45) is 0 Å². The Labute approximate surface area is 110 Å². The number of hydrogen-bond donors (Lipinski definition) is 0. The van der Waals surface area contributed by atoms with Crippen molar-refractivity contribution >= 4 is 22.5 Å². The zero-order valence-corrected chi connectivity index (χ0v) is 10.6. The quantitative estimate of drug-likeness (QED) is 0.648. The summed E-state index contributed by atoms with van der Waals surface area (Å²) in [5.41, 5.74) is 2.98. The standard InChI is InChI=1S/C15H11ClN2/c1-10-17-14-5-3-2-4-13(14)15(18-10)11-6-8-12(16)9-7-11/h2-9H,1H3. The number of aryl methyl sites for hydroxylation is 1. The Balaban J connectivity index is 2.31. The summed E-state index contributed by atoms with van der Waals surface area (Å²) in [6.07, 6.45) is 0. The molecule has 0 N–H and O–H groups in total. The van der Waals surface area contributed by atoms with Crippen LogP contribution in [-0.2, 0) is 0 Å². The first-order valence-corrected chi connectivity index (χ1v) is 6.11. The Bertz CT molecular complexity index is 705. The molecule has 0 aliphatic heterocycles. The minimum Gasteiger partial charge on any atom is -0.233 e. The van der Waals surface area contributed by atoms with Crippen LogP contribution in [0.3, 0.4) is 0 Å². The van der Waals surface area contributed by atoms with Gasteiger partial charge in [0.15, 0.2) is 0 Å². The third-order valence-corrected chi connectivity index (χ3v) is 3.08. The number of para-hydroxylation sites is 1. The highest BCUT2D eigenvalue weighted by molar-refractivity contribution is 6.30. The first-order valence-electron chi connectivity index (χ1n) is 5.73. The molecule has 3 aromatic rings. The fourth-order valence-corrected chi connectivity index (χ4v) is 2.15. The third-order valence-electron chi connectivity index (χ3n) is 2.83.